The molecule has 0 spiro atoms. The van der Waals surface area contributed by atoms with Gasteiger partial charge in [-0.3, -0.25) is 0 Å². The van der Waals surface area contributed by atoms with Crippen molar-refractivity contribution in [3.63, 3.8) is 0 Å². The Bertz CT molecular complexity index is 1530. The number of carbonyl (C=O) groups excluding carboxylic acids is 2. The molecule has 43 heavy (non-hydrogen) atoms. The Morgan fingerprint density at radius 2 is 1.72 bits per heavy atom. The SMILES string of the molecule is Cc1cc(F)ccc1-c1nc(NCCN2CCCCC2)nc2c1CN(OC(=O)C(F)(F)F)C(=O)N2c1c(F)cccc1F. The van der Waals surface area contributed by atoms with Gasteiger partial charge >= 0.3 is 18.2 Å². The minimum absolute atomic E-state index is 0.0188. The van der Waals surface area contributed by atoms with Crippen LogP contribution in [0.4, 0.5) is 48.6 Å². The van der Waals surface area contributed by atoms with E-state index in [0.717, 1.165) is 56.6 Å². The molecule has 2 aromatic carbocycles. The molecule has 228 valence electrons. The van der Waals surface area contributed by atoms with Crippen LogP contribution in [0.1, 0.15) is 30.4 Å². The predicted molar refractivity (Wildman–Crippen MR) is 143 cm³/mol. The Balaban J connectivity index is 1.65. The Kier molecular flexibility index (Phi) is 8.44. The number of anilines is 3. The van der Waals surface area contributed by atoms with Crippen LogP contribution in [-0.4, -0.2) is 64.3 Å². The number of likely N-dealkylation sites (tertiary alicyclic amines) is 1. The summed E-state index contributed by atoms with van der Waals surface area (Å²) in [5, 5.41) is 3.08. The van der Waals surface area contributed by atoms with Crippen LogP contribution in [0, 0.1) is 24.4 Å². The summed E-state index contributed by atoms with van der Waals surface area (Å²) in [4.78, 5) is 41.1. The Morgan fingerprint density at radius 1 is 1.02 bits per heavy atom. The molecule has 1 aromatic heterocycles. The standard InChI is InChI=1S/C28H26F6N6O3/c1-16-14-17(29)8-9-18(16)22-19-15-39(43-25(41)28(32,33)34)27(42)40(23-20(30)6-5-7-21(23)31)24(19)37-26(36-22)35-10-13-38-11-3-2-4-12-38/h5-9,14H,2-4,10-13,15H2,1H3,(H,35,36,37). The van der Waals surface area contributed by atoms with Crippen molar-refractivity contribution >= 4 is 29.5 Å². The van der Waals surface area contributed by atoms with Gasteiger partial charge in [0, 0.05) is 24.2 Å². The minimum atomic E-state index is -5.48. The van der Waals surface area contributed by atoms with Gasteiger partial charge in [-0.05, 0) is 68.8 Å². The van der Waals surface area contributed by atoms with E-state index in [1.165, 1.54) is 12.1 Å². The number of alkyl halides is 3. The molecule has 0 saturated carbocycles. The Labute approximate surface area is 242 Å². The van der Waals surface area contributed by atoms with Crippen LogP contribution in [0.25, 0.3) is 11.3 Å². The number of piperidine rings is 1. The van der Waals surface area contributed by atoms with Gasteiger partial charge in [0.25, 0.3) is 0 Å². The number of benzene rings is 2. The molecule has 15 heteroatoms. The molecular formula is C28H26F6N6O3. The Morgan fingerprint density at radius 3 is 2.37 bits per heavy atom. The van der Waals surface area contributed by atoms with E-state index in [1.54, 1.807) is 6.92 Å². The maximum absolute atomic E-state index is 15.1. The lowest BCUT2D eigenvalue weighted by Crippen LogP contribution is -2.48. The third-order valence-corrected chi connectivity index (χ3v) is 7.09. The summed E-state index contributed by atoms with van der Waals surface area (Å²) in [6.45, 7) is 3.56. The van der Waals surface area contributed by atoms with Crippen molar-refractivity contribution in [1.29, 1.82) is 0 Å². The largest absolute Gasteiger partial charge is 0.493 e. The lowest BCUT2D eigenvalue weighted by Gasteiger charge is -2.35. The van der Waals surface area contributed by atoms with E-state index in [1.807, 2.05) is 0 Å². The maximum atomic E-state index is 15.1. The average molecular weight is 609 g/mol. The number of hydroxylamine groups is 2. The number of carbonyl (C=O) groups is 2. The summed E-state index contributed by atoms with van der Waals surface area (Å²) in [6, 6.07) is 4.90. The van der Waals surface area contributed by atoms with Gasteiger partial charge < -0.3 is 15.1 Å². The zero-order valence-electron chi connectivity index (χ0n) is 22.8. The molecule has 2 aliphatic heterocycles. The van der Waals surface area contributed by atoms with Crippen LogP contribution in [0.5, 0.6) is 0 Å². The van der Waals surface area contributed by atoms with E-state index in [-0.39, 0.29) is 28.1 Å². The van der Waals surface area contributed by atoms with Crippen LogP contribution in [0.2, 0.25) is 0 Å². The van der Waals surface area contributed by atoms with Gasteiger partial charge in [-0.1, -0.05) is 12.5 Å². The van der Waals surface area contributed by atoms with Crippen LogP contribution in [0.3, 0.4) is 0 Å². The molecule has 3 heterocycles. The molecule has 0 atom stereocenters. The van der Waals surface area contributed by atoms with E-state index in [4.69, 9.17) is 0 Å². The fourth-order valence-electron chi connectivity index (χ4n) is 5.05. The number of halogens is 6. The second kappa shape index (κ2) is 12.1. The number of nitrogens with one attached hydrogen (secondary N) is 1. The number of rotatable bonds is 7. The number of fused-ring (bicyclic) bond motifs is 1. The van der Waals surface area contributed by atoms with Gasteiger partial charge in [0.15, 0.2) is 5.82 Å². The molecule has 2 aliphatic rings. The highest BCUT2D eigenvalue weighted by atomic mass is 19.4. The second-order valence-corrected chi connectivity index (χ2v) is 10.1. The molecule has 1 saturated heterocycles. The summed E-state index contributed by atoms with van der Waals surface area (Å²) < 4.78 is 83.5. The number of urea groups is 1. The maximum Gasteiger partial charge on any atom is 0.493 e. The lowest BCUT2D eigenvalue weighted by molar-refractivity contribution is -0.229. The van der Waals surface area contributed by atoms with Crippen molar-refractivity contribution < 1.29 is 40.8 Å². The van der Waals surface area contributed by atoms with Crippen LogP contribution in [-0.2, 0) is 16.2 Å². The van der Waals surface area contributed by atoms with Crippen molar-refractivity contribution in [2.24, 2.45) is 0 Å². The first-order valence-electron chi connectivity index (χ1n) is 13.4. The number of hydrogen-bond acceptors (Lipinski definition) is 7. The molecular weight excluding hydrogens is 582 g/mol. The van der Waals surface area contributed by atoms with Crippen LogP contribution in [0.15, 0.2) is 36.4 Å². The van der Waals surface area contributed by atoms with Gasteiger partial charge in [0.2, 0.25) is 5.95 Å². The molecule has 0 bridgehead atoms. The Hall–Kier alpha value is -4.40. The van der Waals surface area contributed by atoms with Gasteiger partial charge in [0.05, 0.1) is 12.2 Å². The number of amides is 2. The topological polar surface area (TPSA) is 90.9 Å². The second-order valence-electron chi connectivity index (χ2n) is 10.1. The molecule has 5 rings (SSSR count). The molecule has 0 unspecified atom stereocenters. The van der Waals surface area contributed by atoms with E-state index >= 15 is 8.78 Å². The summed E-state index contributed by atoms with van der Waals surface area (Å²) in [7, 11) is 0. The van der Waals surface area contributed by atoms with Crippen molar-refractivity contribution in [1.82, 2.24) is 19.9 Å². The molecule has 0 aliphatic carbocycles. The highest BCUT2D eigenvalue weighted by molar-refractivity contribution is 6.02. The number of nitrogens with zero attached hydrogens (tertiary/aromatic N) is 5. The number of aryl methyl sites for hydroxylation is 1. The molecule has 2 amide bonds. The molecule has 1 fully saturated rings. The average Bonchev–Trinajstić information content (AvgIpc) is 2.94. The summed E-state index contributed by atoms with van der Waals surface area (Å²) in [5.74, 6) is -6.18. The fourth-order valence-corrected chi connectivity index (χ4v) is 5.05. The summed E-state index contributed by atoms with van der Waals surface area (Å²) in [5.41, 5.74) is -0.385. The first-order chi connectivity index (χ1) is 20.4. The van der Waals surface area contributed by atoms with E-state index in [0.29, 0.717) is 29.1 Å². The third kappa shape index (κ3) is 6.35. The van der Waals surface area contributed by atoms with Crippen molar-refractivity contribution in [2.45, 2.75) is 38.9 Å². The van der Waals surface area contributed by atoms with E-state index in [9.17, 15) is 27.2 Å². The van der Waals surface area contributed by atoms with E-state index in [2.05, 4.69) is 25.0 Å². The minimum Gasteiger partial charge on any atom is -0.353 e. The quantitative estimate of drug-likeness (QED) is 0.336. The number of para-hydroxylation sites is 1. The van der Waals surface area contributed by atoms with E-state index < -0.39 is 47.9 Å². The fraction of sp³-hybridized carbons (Fsp3) is 0.357. The summed E-state index contributed by atoms with van der Waals surface area (Å²) in [6.07, 6.45) is -2.22. The van der Waals surface area contributed by atoms with Crippen LogP contribution < -0.4 is 10.2 Å². The van der Waals surface area contributed by atoms with Gasteiger partial charge in [0.1, 0.15) is 23.1 Å². The lowest BCUT2D eigenvalue weighted by atomic mass is 10.00. The molecule has 3 aromatic rings. The van der Waals surface area contributed by atoms with Crippen molar-refractivity contribution in [2.75, 3.05) is 36.4 Å². The van der Waals surface area contributed by atoms with Crippen molar-refractivity contribution in [3.8, 4) is 11.3 Å². The van der Waals surface area contributed by atoms with Gasteiger partial charge in [-0.15, -0.1) is 5.06 Å². The first kappa shape index (κ1) is 30.1. The normalized spacial score (nSPS) is 15.8. The zero-order chi connectivity index (χ0) is 30.9. The smallest absolute Gasteiger partial charge is 0.353 e. The highest BCUT2D eigenvalue weighted by Crippen LogP contribution is 2.41. The molecule has 1 N–H and O–H groups in total. The van der Waals surface area contributed by atoms with Crippen molar-refractivity contribution in [3.05, 3.63) is 65.0 Å². The number of hydrogen-bond donors (Lipinski definition) is 1. The third-order valence-electron chi connectivity index (χ3n) is 7.09. The predicted octanol–water partition coefficient (Wildman–Crippen LogP) is 5.86. The van der Waals surface area contributed by atoms with Crippen LogP contribution >= 0.6 is 0 Å². The zero-order valence-corrected chi connectivity index (χ0v) is 22.8. The molecule has 0 radical (unpaired) electrons. The molecule has 9 nitrogen and oxygen atoms in total. The first-order valence-corrected chi connectivity index (χ1v) is 13.4. The number of aromatic nitrogens is 2. The van der Waals surface area contributed by atoms with Gasteiger partial charge in [-0.25, -0.2) is 32.6 Å². The monoisotopic (exact) mass is 608 g/mol. The summed E-state index contributed by atoms with van der Waals surface area (Å²) >= 11 is 0. The van der Waals surface area contributed by atoms with Gasteiger partial charge in [-0.2, -0.15) is 18.2 Å². The highest BCUT2D eigenvalue weighted by Gasteiger charge is 2.46.